The molecule has 7 nitrogen and oxygen atoms in total. The summed E-state index contributed by atoms with van der Waals surface area (Å²) in [5.74, 6) is 3.63. The van der Waals surface area contributed by atoms with Crippen LogP contribution in [0.5, 0.6) is 5.75 Å². The number of benzene rings is 2. The third kappa shape index (κ3) is 4.56. The maximum Gasteiger partial charge on any atom is 0.205 e. The van der Waals surface area contributed by atoms with Crippen LogP contribution in [0.4, 0.5) is 0 Å². The molecule has 1 unspecified atom stereocenters. The molecule has 1 fully saturated rings. The molecule has 0 radical (unpaired) electrons. The number of ether oxygens (including phenoxy) is 2. The highest BCUT2D eigenvalue weighted by Crippen LogP contribution is 2.30. The Morgan fingerprint density at radius 2 is 1.91 bits per heavy atom. The zero-order chi connectivity index (χ0) is 21.8. The molecule has 0 saturated carbocycles. The van der Waals surface area contributed by atoms with E-state index >= 15 is 0 Å². The molecule has 1 aliphatic heterocycles. The maximum atomic E-state index is 5.95. The molecule has 164 valence electrons. The van der Waals surface area contributed by atoms with Crippen molar-refractivity contribution in [3.8, 4) is 28.5 Å². The minimum atomic E-state index is 0.175. The zero-order valence-electron chi connectivity index (χ0n) is 17.8. The van der Waals surface area contributed by atoms with Crippen LogP contribution in [-0.2, 0) is 17.0 Å². The molecule has 0 spiro atoms. The average Bonchev–Trinajstić information content (AvgIpc) is 3.61. The van der Waals surface area contributed by atoms with Crippen LogP contribution in [0.2, 0.25) is 0 Å². The quantitative estimate of drug-likeness (QED) is 0.348. The molecule has 1 saturated heterocycles. The van der Waals surface area contributed by atoms with Crippen LogP contribution >= 0.6 is 11.8 Å². The Morgan fingerprint density at radius 3 is 2.66 bits per heavy atom. The second-order valence-electron chi connectivity index (χ2n) is 7.55. The molecule has 0 aliphatic carbocycles. The summed E-state index contributed by atoms with van der Waals surface area (Å²) in [6, 6.07) is 17.9. The van der Waals surface area contributed by atoms with Gasteiger partial charge < -0.3 is 13.9 Å². The van der Waals surface area contributed by atoms with E-state index in [1.54, 1.807) is 25.1 Å². The summed E-state index contributed by atoms with van der Waals surface area (Å²) in [4.78, 5) is 4.44. The molecule has 0 N–H and O–H groups in total. The van der Waals surface area contributed by atoms with E-state index in [4.69, 9.17) is 13.9 Å². The van der Waals surface area contributed by atoms with Crippen molar-refractivity contribution in [3.63, 3.8) is 0 Å². The molecule has 3 heterocycles. The number of methoxy groups -OCH3 is 1. The number of thioether (sulfide) groups is 1. The molecule has 32 heavy (non-hydrogen) atoms. The fourth-order valence-corrected chi connectivity index (χ4v) is 4.55. The Hall–Kier alpha value is -3.10. The van der Waals surface area contributed by atoms with Gasteiger partial charge in [-0.1, -0.05) is 42.1 Å². The zero-order valence-corrected chi connectivity index (χ0v) is 18.6. The second-order valence-corrected chi connectivity index (χ2v) is 8.50. The summed E-state index contributed by atoms with van der Waals surface area (Å²) in [5.41, 5.74) is 2.00. The highest BCUT2D eigenvalue weighted by atomic mass is 32.2. The monoisotopic (exact) mass is 448 g/mol. The molecule has 1 aliphatic rings. The van der Waals surface area contributed by atoms with Crippen LogP contribution in [0.1, 0.15) is 18.7 Å². The van der Waals surface area contributed by atoms with Gasteiger partial charge in [0.15, 0.2) is 16.7 Å². The summed E-state index contributed by atoms with van der Waals surface area (Å²) in [7, 11) is 1.66. The minimum Gasteiger partial charge on any atom is -0.497 e. The first-order valence-electron chi connectivity index (χ1n) is 10.6. The molecule has 0 amide bonds. The van der Waals surface area contributed by atoms with Gasteiger partial charge in [0.2, 0.25) is 5.89 Å². The Morgan fingerprint density at radius 1 is 1.06 bits per heavy atom. The lowest BCUT2D eigenvalue weighted by atomic mass is 10.2. The molecule has 0 bridgehead atoms. The van der Waals surface area contributed by atoms with E-state index in [-0.39, 0.29) is 6.10 Å². The largest absolute Gasteiger partial charge is 0.497 e. The normalized spacial score (nSPS) is 15.8. The highest BCUT2D eigenvalue weighted by Gasteiger charge is 2.22. The molecule has 2 aromatic carbocycles. The van der Waals surface area contributed by atoms with Crippen LogP contribution < -0.4 is 4.74 Å². The smallest absolute Gasteiger partial charge is 0.205 e. The highest BCUT2D eigenvalue weighted by molar-refractivity contribution is 7.98. The summed E-state index contributed by atoms with van der Waals surface area (Å²) >= 11 is 1.57. The molecule has 2 aromatic heterocycles. The van der Waals surface area contributed by atoms with Crippen molar-refractivity contribution in [2.45, 2.75) is 36.4 Å². The summed E-state index contributed by atoms with van der Waals surface area (Å²) in [6.45, 7) is 1.53. The van der Waals surface area contributed by atoms with E-state index in [0.717, 1.165) is 59.6 Å². The number of aromatic nitrogens is 4. The summed E-state index contributed by atoms with van der Waals surface area (Å²) in [6.07, 6.45) is 4.08. The van der Waals surface area contributed by atoms with Crippen molar-refractivity contribution in [2.24, 2.45) is 0 Å². The Bertz CT molecular complexity index is 1150. The third-order valence-electron chi connectivity index (χ3n) is 5.41. The van der Waals surface area contributed by atoms with Crippen molar-refractivity contribution in [1.82, 2.24) is 19.7 Å². The predicted molar refractivity (Wildman–Crippen MR) is 122 cm³/mol. The number of hydrogen-bond acceptors (Lipinski definition) is 7. The summed E-state index contributed by atoms with van der Waals surface area (Å²) in [5, 5.41) is 9.80. The number of nitrogens with zero attached hydrogens (tertiary/aromatic N) is 4. The van der Waals surface area contributed by atoms with Crippen molar-refractivity contribution < 1.29 is 13.9 Å². The standard InChI is InChI=1S/C24H24N4O3S/c1-29-19-11-9-18(10-12-19)23-26-27-24(28(23)15-20-8-5-13-30-20)32-16-22-25-14-21(31-22)17-6-3-2-4-7-17/h2-4,6-7,9-12,14,20H,5,8,13,15-16H2,1H3. The van der Waals surface area contributed by atoms with Gasteiger partial charge in [0, 0.05) is 17.7 Å². The fraction of sp³-hybridized carbons (Fsp3) is 0.292. The van der Waals surface area contributed by atoms with Crippen molar-refractivity contribution in [1.29, 1.82) is 0 Å². The van der Waals surface area contributed by atoms with E-state index < -0.39 is 0 Å². The van der Waals surface area contributed by atoms with E-state index in [1.807, 2.05) is 54.6 Å². The van der Waals surface area contributed by atoms with Gasteiger partial charge >= 0.3 is 0 Å². The van der Waals surface area contributed by atoms with E-state index in [0.29, 0.717) is 11.6 Å². The van der Waals surface area contributed by atoms with Gasteiger partial charge in [-0.2, -0.15) is 0 Å². The first kappa shape index (κ1) is 20.8. The summed E-state index contributed by atoms with van der Waals surface area (Å²) < 4.78 is 19.3. The Labute approximate surface area is 190 Å². The number of rotatable bonds is 8. The molecule has 4 aromatic rings. The van der Waals surface area contributed by atoms with Gasteiger partial charge in [-0.3, -0.25) is 4.57 Å². The SMILES string of the molecule is COc1ccc(-c2nnc(SCc3ncc(-c4ccccc4)o3)n2CC2CCCO2)cc1. The molecular weight excluding hydrogens is 424 g/mol. The van der Waals surface area contributed by atoms with Crippen LogP contribution in [0.3, 0.4) is 0 Å². The van der Waals surface area contributed by atoms with Crippen molar-refractivity contribution in [2.75, 3.05) is 13.7 Å². The molecule has 1 atom stereocenters. The fourth-order valence-electron chi connectivity index (χ4n) is 3.74. The first-order chi connectivity index (χ1) is 15.8. The molecule has 5 rings (SSSR count). The number of oxazole rings is 1. The topological polar surface area (TPSA) is 75.2 Å². The van der Waals surface area contributed by atoms with Crippen molar-refractivity contribution in [3.05, 3.63) is 66.7 Å². The van der Waals surface area contributed by atoms with Gasteiger partial charge in [-0.05, 0) is 37.1 Å². The van der Waals surface area contributed by atoms with E-state index in [2.05, 4.69) is 19.7 Å². The van der Waals surface area contributed by atoms with Crippen molar-refractivity contribution >= 4 is 11.8 Å². The van der Waals surface area contributed by atoms with Gasteiger partial charge in [-0.15, -0.1) is 10.2 Å². The van der Waals surface area contributed by atoms with Crippen LogP contribution in [0.25, 0.3) is 22.7 Å². The van der Waals surface area contributed by atoms with Gasteiger partial charge in [0.1, 0.15) is 5.75 Å². The lowest BCUT2D eigenvalue weighted by Crippen LogP contribution is -2.16. The second kappa shape index (κ2) is 9.58. The predicted octanol–water partition coefficient (Wildman–Crippen LogP) is 5.08. The van der Waals surface area contributed by atoms with Gasteiger partial charge in [0.05, 0.1) is 31.7 Å². The lowest BCUT2D eigenvalue weighted by molar-refractivity contribution is 0.0953. The first-order valence-corrected chi connectivity index (χ1v) is 11.6. The maximum absolute atomic E-state index is 5.95. The van der Waals surface area contributed by atoms with Gasteiger partial charge in [0.25, 0.3) is 0 Å². The van der Waals surface area contributed by atoms with Gasteiger partial charge in [-0.25, -0.2) is 4.98 Å². The third-order valence-corrected chi connectivity index (χ3v) is 6.36. The average molecular weight is 449 g/mol. The molecule has 8 heteroatoms. The Kier molecular flexibility index (Phi) is 6.22. The van der Waals surface area contributed by atoms with Crippen LogP contribution in [0, 0.1) is 0 Å². The Balaban J connectivity index is 1.37. The van der Waals surface area contributed by atoms with Crippen LogP contribution in [-0.4, -0.2) is 39.6 Å². The van der Waals surface area contributed by atoms with E-state index in [1.165, 1.54) is 0 Å². The minimum absolute atomic E-state index is 0.175. The van der Waals surface area contributed by atoms with Crippen LogP contribution in [0.15, 0.2) is 70.4 Å². The number of hydrogen-bond donors (Lipinski definition) is 0. The molecular formula is C24H24N4O3S. The van der Waals surface area contributed by atoms with E-state index in [9.17, 15) is 0 Å². The lowest BCUT2D eigenvalue weighted by Gasteiger charge is -2.14.